The molecular weight excluding hydrogens is 256 g/mol. The van der Waals surface area contributed by atoms with Crippen LogP contribution in [0.2, 0.25) is 0 Å². The van der Waals surface area contributed by atoms with Crippen molar-refractivity contribution in [2.45, 2.75) is 46.6 Å². The summed E-state index contributed by atoms with van der Waals surface area (Å²) >= 11 is 0. The van der Waals surface area contributed by atoms with E-state index in [0.717, 1.165) is 18.8 Å². The van der Waals surface area contributed by atoms with Crippen molar-refractivity contribution in [1.29, 1.82) is 0 Å². The summed E-state index contributed by atoms with van der Waals surface area (Å²) in [6.07, 6.45) is 3.75. The Morgan fingerprint density at radius 2 is 2.05 bits per heavy atom. The van der Waals surface area contributed by atoms with Gasteiger partial charge in [-0.1, -0.05) is 57.5 Å². The van der Waals surface area contributed by atoms with E-state index in [4.69, 9.17) is 0 Å². The maximum Gasteiger partial charge on any atom is 0.0420 e. The Labute approximate surface area is 129 Å². The molecule has 0 bridgehead atoms. The molecule has 1 aromatic rings. The molecule has 1 aliphatic heterocycles. The molecule has 1 aliphatic rings. The van der Waals surface area contributed by atoms with Gasteiger partial charge < -0.3 is 10.6 Å². The number of hydrogen-bond donors (Lipinski definition) is 2. The van der Waals surface area contributed by atoms with Crippen LogP contribution in [0.3, 0.4) is 0 Å². The van der Waals surface area contributed by atoms with E-state index in [2.05, 4.69) is 62.2 Å². The molecule has 1 aromatic carbocycles. The third-order valence-electron chi connectivity index (χ3n) is 4.39. The molecule has 0 saturated heterocycles. The fourth-order valence-electron chi connectivity index (χ4n) is 2.57. The highest BCUT2D eigenvalue weighted by atomic mass is 14.9. The maximum atomic E-state index is 4.17. The van der Waals surface area contributed by atoms with Gasteiger partial charge in [0.2, 0.25) is 0 Å². The van der Waals surface area contributed by atoms with E-state index < -0.39 is 0 Å². The van der Waals surface area contributed by atoms with Crippen LogP contribution in [0.4, 0.5) is 0 Å². The molecule has 2 N–H and O–H groups in total. The van der Waals surface area contributed by atoms with Crippen LogP contribution in [0.15, 0.2) is 42.2 Å². The molecule has 1 heterocycles. The number of benzene rings is 1. The lowest BCUT2D eigenvalue weighted by Crippen LogP contribution is -2.27. The Hall–Kier alpha value is -1.70. The minimum atomic E-state index is 0.554. The van der Waals surface area contributed by atoms with Crippen LogP contribution in [0.25, 0.3) is 5.57 Å². The normalized spacial score (nSPS) is 15.2. The lowest BCUT2D eigenvalue weighted by atomic mass is 9.98. The minimum absolute atomic E-state index is 0.554. The Balaban J connectivity index is 1.84. The predicted molar refractivity (Wildman–Crippen MR) is 91.7 cm³/mol. The van der Waals surface area contributed by atoms with Gasteiger partial charge in [0.1, 0.15) is 0 Å². The first kappa shape index (κ1) is 15.7. The molecule has 0 aliphatic carbocycles. The van der Waals surface area contributed by atoms with Gasteiger partial charge in [-0.2, -0.15) is 0 Å². The first-order valence-electron chi connectivity index (χ1n) is 8.07. The molecule has 1 unspecified atom stereocenters. The second-order valence-corrected chi connectivity index (χ2v) is 6.08. The maximum absolute atomic E-state index is 4.17. The lowest BCUT2D eigenvalue weighted by Gasteiger charge is -2.24. The highest BCUT2D eigenvalue weighted by molar-refractivity contribution is 5.74. The third kappa shape index (κ3) is 4.13. The average Bonchev–Trinajstić information content (AvgIpc) is 2.50. The zero-order chi connectivity index (χ0) is 15.2. The highest BCUT2D eigenvalue weighted by Gasteiger charge is 2.13. The van der Waals surface area contributed by atoms with E-state index in [1.165, 1.54) is 41.7 Å². The van der Waals surface area contributed by atoms with Gasteiger partial charge in [-0.15, -0.1) is 0 Å². The van der Waals surface area contributed by atoms with E-state index in [1.54, 1.807) is 0 Å². The highest BCUT2D eigenvalue weighted by Crippen LogP contribution is 2.23. The Morgan fingerprint density at radius 3 is 2.57 bits per heavy atom. The number of hydrogen-bond acceptors (Lipinski definition) is 2. The summed E-state index contributed by atoms with van der Waals surface area (Å²) < 4.78 is 0. The second kappa shape index (κ2) is 7.35. The van der Waals surface area contributed by atoms with Crippen molar-refractivity contribution in [3.8, 4) is 0 Å². The quantitative estimate of drug-likeness (QED) is 0.737. The molecular formula is C19H28N2. The fourth-order valence-corrected chi connectivity index (χ4v) is 2.57. The topological polar surface area (TPSA) is 24.1 Å². The zero-order valence-electron chi connectivity index (χ0n) is 13.6. The first-order valence-corrected chi connectivity index (χ1v) is 8.07. The smallest absolute Gasteiger partial charge is 0.0420 e. The monoisotopic (exact) mass is 284 g/mol. The summed E-state index contributed by atoms with van der Waals surface area (Å²) in [5.41, 5.74) is 6.55. The van der Waals surface area contributed by atoms with E-state index in [9.17, 15) is 0 Å². The standard InChI is InChI=1S/C19H28N2/c1-5-6-7-14(2)15(3)20-12-17-8-10-18(11-9-17)19-13-21-16(19)4/h8-11,14,20-21H,3,5-7,12-13H2,1-2,4H3. The summed E-state index contributed by atoms with van der Waals surface area (Å²) in [7, 11) is 0. The summed E-state index contributed by atoms with van der Waals surface area (Å²) in [6, 6.07) is 8.87. The molecule has 21 heavy (non-hydrogen) atoms. The number of allylic oxidation sites excluding steroid dienone is 2. The molecule has 0 fully saturated rings. The van der Waals surface area contributed by atoms with E-state index in [-0.39, 0.29) is 0 Å². The fraction of sp³-hybridized carbons (Fsp3) is 0.474. The number of nitrogens with one attached hydrogen (secondary N) is 2. The van der Waals surface area contributed by atoms with Crippen molar-refractivity contribution in [1.82, 2.24) is 10.6 Å². The van der Waals surface area contributed by atoms with Gasteiger partial charge >= 0.3 is 0 Å². The Bertz CT molecular complexity index is 511. The van der Waals surface area contributed by atoms with Gasteiger partial charge in [-0.25, -0.2) is 0 Å². The molecule has 0 amide bonds. The lowest BCUT2D eigenvalue weighted by molar-refractivity contribution is 0.534. The molecule has 1 atom stereocenters. The summed E-state index contributed by atoms with van der Waals surface area (Å²) in [5, 5.41) is 6.77. The number of rotatable bonds is 8. The van der Waals surface area contributed by atoms with Crippen LogP contribution >= 0.6 is 0 Å². The molecule has 0 saturated carbocycles. The SMILES string of the molecule is C=C(NCc1ccc(C2=C(C)NC2)cc1)C(C)CCCC. The van der Waals surface area contributed by atoms with Gasteiger partial charge in [0.25, 0.3) is 0 Å². The largest absolute Gasteiger partial charge is 0.385 e. The zero-order valence-corrected chi connectivity index (χ0v) is 13.6. The van der Waals surface area contributed by atoms with E-state index in [0.29, 0.717) is 5.92 Å². The van der Waals surface area contributed by atoms with Crippen LogP contribution in [-0.2, 0) is 6.54 Å². The van der Waals surface area contributed by atoms with Crippen molar-refractivity contribution < 1.29 is 0 Å². The van der Waals surface area contributed by atoms with Crippen molar-refractivity contribution in [3.63, 3.8) is 0 Å². The third-order valence-corrected chi connectivity index (χ3v) is 4.39. The summed E-state index contributed by atoms with van der Waals surface area (Å²) in [6.45, 7) is 12.7. The van der Waals surface area contributed by atoms with E-state index in [1.807, 2.05) is 0 Å². The minimum Gasteiger partial charge on any atom is -0.385 e. The van der Waals surface area contributed by atoms with Crippen molar-refractivity contribution >= 4 is 5.57 Å². The molecule has 0 spiro atoms. The van der Waals surface area contributed by atoms with Crippen LogP contribution in [0.1, 0.15) is 51.2 Å². The van der Waals surface area contributed by atoms with Gasteiger partial charge in [-0.3, -0.25) is 0 Å². The number of unbranched alkanes of at least 4 members (excludes halogenated alkanes) is 1. The molecule has 0 aromatic heterocycles. The Kier molecular flexibility index (Phi) is 5.49. The summed E-state index contributed by atoms with van der Waals surface area (Å²) in [5.74, 6) is 0.554. The molecule has 0 radical (unpaired) electrons. The van der Waals surface area contributed by atoms with Crippen LogP contribution < -0.4 is 10.6 Å². The molecule has 114 valence electrons. The molecule has 2 heteroatoms. The predicted octanol–water partition coefficient (Wildman–Crippen LogP) is 4.45. The van der Waals surface area contributed by atoms with E-state index >= 15 is 0 Å². The molecule has 2 rings (SSSR count). The van der Waals surface area contributed by atoms with Gasteiger partial charge in [-0.05, 0) is 36.0 Å². The second-order valence-electron chi connectivity index (χ2n) is 6.08. The average molecular weight is 284 g/mol. The summed E-state index contributed by atoms with van der Waals surface area (Å²) in [4.78, 5) is 0. The van der Waals surface area contributed by atoms with Crippen LogP contribution in [-0.4, -0.2) is 6.54 Å². The Morgan fingerprint density at radius 1 is 1.33 bits per heavy atom. The van der Waals surface area contributed by atoms with Gasteiger partial charge in [0.05, 0.1) is 0 Å². The molecule has 2 nitrogen and oxygen atoms in total. The van der Waals surface area contributed by atoms with Crippen LogP contribution in [0, 0.1) is 5.92 Å². The van der Waals surface area contributed by atoms with Crippen LogP contribution in [0.5, 0.6) is 0 Å². The van der Waals surface area contributed by atoms with Crippen molar-refractivity contribution in [2.75, 3.05) is 6.54 Å². The first-order chi connectivity index (χ1) is 10.1. The van der Waals surface area contributed by atoms with Crippen molar-refractivity contribution in [3.05, 3.63) is 53.4 Å². The van der Waals surface area contributed by atoms with Gasteiger partial charge in [0, 0.05) is 24.5 Å². The van der Waals surface area contributed by atoms with Gasteiger partial charge in [0.15, 0.2) is 0 Å². The van der Waals surface area contributed by atoms with Crippen molar-refractivity contribution in [2.24, 2.45) is 5.92 Å².